The predicted octanol–water partition coefficient (Wildman–Crippen LogP) is 3.44. The molecule has 6 heteroatoms. The van der Waals surface area contributed by atoms with Crippen molar-refractivity contribution >= 4 is 5.91 Å². The Balaban J connectivity index is 1.91. The summed E-state index contributed by atoms with van der Waals surface area (Å²) in [6.07, 6.45) is 0. The van der Waals surface area contributed by atoms with Gasteiger partial charge >= 0.3 is 0 Å². The predicted molar refractivity (Wildman–Crippen MR) is 106 cm³/mol. The van der Waals surface area contributed by atoms with Crippen molar-refractivity contribution in [2.24, 2.45) is 0 Å². The second-order valence-electron chi connectivity index (χ2n) is 7.18. The zero-order valence-corrected chi connectivity index (χ0v) is 16.1. The molecule has 1 aromatic heterocycles. The van der Waals surface area contributed by atoms with E-state index in [0.29, 0.717) is 17.8 Å². The summed E-state index contributed by atoms with van der Waals surface area (Å²) in [5, 5.41) is 4.39. The van der Waals surface area contributed by atoms with Crippen LogP contribution in [0, 0.1) is 5.82 Å². The minimum absolute atomic E-state index is 0.234. The Bertz CT molecular complexity index is 1030. The molecule has 0 N–H and O–H groups in total. The second kappa shape index (κ2) is 7.76. The van der Waals surface area contributed by atoms with Gasteiger partial charge in [0.1, 0.15) is 11.4 Å². The molecule has 0 aliphatic heterocycles. The Morgan fingerprint density at radius 2 is 1.68 bits per heavy atom. The van der Waals surface area contributed by atoms with E-state index in [1.165, 1.54) is 22.9 Å². The lowest BCUT2D eigenvalue weighted by atomic mass is 10.0. The van der Waals surface area contributed by atoms with Crippen LogP contribution in [0.4, 0.5) is 4.39 Å². The van der Waals surface area contributed by atoms with Crippen molar-refractivity contribution in [3.05, 3.63) is 88.5 Å². The number of halogens is 1. The van der Waals surface area contributed by atoms with E-state index in [1.807, 2.05) is 30.3 Å². The first-order valence-corrected chi connectivity index (χ1v) is 8.95. The molecule has 1 heterocycles. The van der Waals surface area contributed by atoms with Crippen LogP contribution < -0.4 is 5.56 Å². The molecular formula is C22H22FN3O2. The largest absolute Gasteiger partial charge is 0.339 e. The fraction of sp³-hybridized carbons (Fsp3) is 0.227. The van der Waals surface area contributed by atoms with Crippen LogP contribution in [0.2, 0.25) is 0 Å². The van der Waals surface area contributed by atoms with Crippen molar-refractivity contribution in [2.45, 2.75) is 25.9 Å². The van der Waals surface area contributed by atoms with Crippen LogP contribution in [0.1, 0.15) is 19.4 Å². The van der Waals surface area contributed by atoms with Gasteiger partial charge in [-0.15, -0.1) is 0 Å². The summed E-state index contributed by atoms with van der Waals surface area (Å²) in [6, 6.07) is 18.4. The SMILES string of the molecule is CN(Cc1ccccc1)C(=O)C(C)(C)n1nc(-c2ccc(F)cc2)ccc1=O. The lowest BCUT2D eigenvalue weighted by Gasteiger charge is -2.30. The maximum Gasteiger partial charge on any atom is 0.267 e. The molecule has 0 saturated carbocycles. The van der Waals surface area contributed by atoms with Gasteiger partial charge in [0, 0.05) is 25.2 Å². The summed E-state index contributed by atoms with van der Waals surface area (Å²) in [7, 11) is 1.70. The molecule has 3 aromatic rings. The van der Waals surface area contributed by atoms with Crippen LogP contribution >= 0.6 is 0 Å². The van der Waals surface area contributed by atoms with Crippen molar-refractivity contribution in [3.8, 4) is 11.3 Å². The maximum absolute atomic E-state index is 13.2. The number of benzene rings is 2. The molecule has 2 aromatic carbocycles. The van der Waals surface area contributed by atoms with Crippen molar-refractivity contribution < 1.29 is 9.18 Å². The molecule has 0 spiro atoms. The van der Waals surface area contributed by atoms with Crippen LogP contribution in [0.3, 0.4) is 0 Å². The molecule has 1 amide bonds. The van der Waals surface area contributed by atoms with Crippen LogP contribution in [-0.2, 0) is 16.9 Å². The van der Waals surface area contributed by atoms with Gasteiger partial charge in [-0.1, -0.05) is 30.3 Å². The van der Waals surface area contributed by atoms with Crippen molar-refractivity contribution in [2.75, 3.05) is 7.05 Å². The van der Waals surface area contributed by atoms with E-state index in [1.54, 1.807) is 44.0 Å². The van der Waals surface area contributed by atoms with Gasteiger partial charge in [-0.2, -0.15) is 5.10 Å². The van der Waals surface area contributed by atoms with E-state index in [-0.39, 0.29) is 17.3 Å². The van der Waals surface area contributed by atoms with E-state index >= 15 is 0 Å². The molecule has 3 rings (SSSR count). The summed E-state index contributed by atoms with van der Waals surface area (Å²) >= 11 is 0. The first-order valence-electron chi connectivity index (χ1n) is 8.95. The topological polar surface area (TPSA) is 55.2 Å². The third-order valence-corrected chi connectivity index (χ3v) is 4.60. The normalized spacial score (nSPS) is 11.3. The summed E-state index contributed by atoms with van der Waals surface area (Å²) in [4.78, 5) is 27.1. The zero-order valence-electron chi connectivity index (χ0n) is 16.1. The van der Waals surface area contributed by atoms with Crippen molar-refractivity contribution in [3.63, 3.8) is 0 Å². The van der Waals surface area contributed by atoms with Gasteiger partial charge in [-0.3, -0.25) is 9.59 Å². The summed E-state index contributed by atoms with van der Waals surface area (Å²) in [5.41, 5.74) is 0.588. The Kier molecular flexibility index (Phi) is 5.40. The minimum atomic E-state index is -1.18. The van der Waals surface area contributed by atoms with Gasteiger partial charge in [0.15, 0.2) is 0 Å². The lowest BCUT2D eigenvalue weighted by Crippen LogP contribution is -2.50. The molecule has 0 fully saturated rings. The smallest absolute Gasteiger partial charge is 0.267 e. The molecule has 0 aliphatic rings. The van der Waals surface area contributed by atoms with E-state index in [4.69, 9.17) is 0 Å². The number of hydrogen-bond donors (Lipinski definition) is 0. The average molecular weight is 379 g/mol. The Morgan fingerprint density at radius 3 is 2.32 bits per heavy atom. The lowest BCUT2D eigenvalue weighted by molar-refractivity contribution is -0.139. The molecule has 0 saturated heterocycles. The Morgan fingerprint density at radius 1 is 1.04 bits per heavy atom. The van der Waals surface area contributed by atoms with Gasteiger partial charge in [-0.05, 0) is 49.7 Å². The monoisotopic (exact) mass is 379 g/mol. The number of hydrogen-bond acceptors (Lipinski definition) is 3. The summed E-state index contributed by atoms with van der Waals surface area (Å²) in [5.74, 6) is -0.586. The molecular weight excluding hydrogens is 357 g/mol. The zero-order chi connectivity index (χ0) is 20.3. The minimum Gasteiger partial charge on any atom is -0.339 e. The standard InChI is InChI=1S/C22H22FN3O2/c1-22(2,21(28)25(3)15-16-7-5-4-6-8-16)26-20(27)14-13-19(24-26)17-9-11-18(23)12-10-17/h4-14H,15H2,1-3H3. The molecule has 0 atom stereocenters. The second-order valence-corrected chi connectivity index (χ2v) is 7.18. The fourth-order valence-corrected chi connectivity index (χ4v) is 3.07. The fourth-order valence-electron chi connectivity index (χ4n) is 3.07. The molecule has 0 radical (unpaired) electrons. The van der Waals surface area contributed by atoms with Gasteiger partial charge in [0.2, 0.25) is 5.91 Å². The van der Waals surface area contributed by atoms with E-state index < -0.39 is 5.54 Å². The van der Waals surface area contributed by atoms with Crippen LogP contribution in [0.25, 0.3) is 11.3 Å². The molecule has 28 heavy (non-hydrogen) atoms. The van der Waals surface area contributed by atoms with Gasteiger partial charge in [0.05, 0.1) is 5.69 Å². The molecule has 5 nitrogen and oxygen atoms in total. The number of amides is 1. The third-order valence-electron chi connectivity index (χ3n) is 4.60. The van der Waals surface area contributed by atoms with Gasteiger partial charge in [0.25, 0.3) is 5.56 Å². The van der Waals surface area contributed by atoms with Crippen molar-refractivity contribution in [1.82, 2.24) is 14.7 Å². The Hall–Kier alpha value is -3.28. The highest BCUT2D eigenvalue weighted by atomic mass is 19.1. The van der Waals surface area contributed by atoms with Crippen LogP contribution in [-0.4, -0.2) is 27.6 Å². The van der Waals surface area contributed by atoms with E-state index in [0.717, 1.165) is 5.56 Å². The van der Waals surface area contributed by atoms with E-state index in [2.05, 4.69) is 5.10 Å². The average Bonchev–Trinajstić information content (AvgIpc) is 2.69. The third kappa shape index (κ3) is 4.01. The number of aromatic nitrogens is 2. The van der Waals surface area contributed by atoms with Gasteiger partial charge in [-0.25, -0.2) is 9.07 Å². The number of carbonyl (C=O) groups is 1. The number of rotatable bonds is 5. The van der Waals surface area contributed by atoms with Crippen LogP contribution in [0.5, 0.6) is 0 Å². The van der Waals surface area contributed by atoms with Crippen molar-refractivity contribution in [1.29, 1.82) is 0 Å². The number of likely N-dealkylation sites (N-methyl/N-ethyl adjacent to an activating group) is 1. The maximum atomic E-state index is 13.2. The highest BCUT2D eigenvalue weighted by Crippen LogP contribution is 2.20. The van der Waals surface area contributed by atoms with Crippen LogP contribution in [0.15, 0.2) is 71.5 Å². The summed E-state index contributed by atoms with van der Waals surface area (Å²) in [6.45, 7) is 3.76. The molecule has 0 bridgehead atoms. The molecule has 0 unspecified atom stereocenters. The van der Waals surface area contributed by atoms with Gasteiger partial charge < -0.3 is 4.90 Å². The first-order chi connectivity index (χ1) is 13.3. The Labute approximate surface area is 163 Å². The number of nitrogens with zero attached hydrogens (tertiary/aromatic N) is 3. The quantitative estimate of drug-likeness (QED) is 0.682. The highest BCUT2D eigenvalue weighted by molar-refractivity contribution is 5.83. The van der Waals surface area contributed by atoms with E-state index in [9.17, 15) is 14.0 Å². The highest BCUT2D eigenvalue weighted by Gasteiger charge is 2.34. The first kappa shape index (κ1) is 19.5. The molecule has 0 aliphatic carbocycles. The summed E-state index contributed by atoms with van der Waals surface area (Å²) < 4.78 is 14.4. The molecule has 144 valence electrons. The number of carbonyl (C=O) groups excluding carboxylic acids is 1.